The van der Waals surface area contributed by atoms with Gasteiger partial charge < -0.3 is 19.9 Å². The second-order valence-corrected chi connectivity index (χ2v) is 8.64. The topological polar surface area (TPSA) is 44.8 Å². The van der Waals surface area contributed by atoms with E-state index in [4.69, 9.17) is 4.74 Å². The van der Waals surface area contributed by atoms with E-state index in [9.17, 15) is 4.79 Å². The maximum absolute atomic E-state index is 13.3. The predicted molar refractivity (Wildman–Crippen MR) is 122 cm³/mol. The van der Waals surface area contributed by atoms with Crippen molar-refractivity contribution in [1.29, 1.82) is 0 Å². The Hall–Kier alpha value is -2.53. The van der Waals surface area contributed by atoms with Crippen molar-refractivity contribution in [2.24, 2.45) is 0 Å². The zero-order valence-electron chi connectivity index (χ0n) is 18.1. The van der Waals surface area contributed by atoms with E-state index in [1.54, 1.807) is 0 Å². The third kappa shape index (κ3) is 4.96. The molecule has 3 atom stereocenters. The van der Waals surface area contributed by atoms with Gasteiger partial charge in [0.15, 0.2) is 0 Å². The molecule has 2 saturated heterocycles. The summed E-state index contributed by atoms with van der Waals surface area (Å²) in [6, 6.07) is 18.9. The molecule has 0 radical (unpaired) electrons. The molecule has 2 aromatic rings. The number of anilines is 2. The van der Waals surface area contributed by atoms with E-state index in [1.807, 2.05) is 29.2 Å². The monoisotopic (exact) mass is 407 g/mol. The zero-order chi connectivity index (χ0) is 20.9. The van der Waals surface area contributed by atoms with Crippen molar-refractivity contribution in [2.75, 3.05) is 29.9 Å². The fourth-order valence-corrected chi connectivity index (χ4v) is 4.78. The smallest absolute Gasteiger partial charge is 0.322 e. The van der Waals surface area contributed by atoms with Gasteiger partial charge >= 0.3 is 6.03 Å². The van der Waals surface area contributed by atoms with E-state index in [-0.39, 0.29) is 24.3 Å². The van der Waals surface area contributed by atoms with E-state index < -0.39 is 0 Å². The average molecular weight is 408 g/mol. The van der Waals surface area contributed by atoms with E-state index in [0.29, 0.717) is 0 Å². The van der Waals surface area contributed by atoms with Gasteiger partial charge in [0.2, 0.25) is 0 Å². The Kier molecular flexibility index (Phi) is 6.58. The molecular formula is C25H33N3O2. The number of piperidine rings is 1. The Bertz CT molecular complexity index is 831. The molecule has 4 rings (SSSR count). The van der Waals surface area contributed by atoms with Crippen LogP contribution in [0, 0.1) is 0 Å². The summed E-state index contributed by atoms with van der Waals surface area (Å²) in [5.74, 6) is 0. The van der Waals surface area contributed by atoms with Gasteiger partial charge in [-0.25, -0.2) is 4.79 Å². The molecule has 2 fully saturated rings. The molecule has 2 aliphatic heterocycles. The minimum Gasteiger partial charge on any atom is -0.372 e. The second-order valence-electron chi connectivity index (χ2n) is 8.64. The van der Waals surface area contributed by atoms with Crippen LogP contribution in [0.4, 0.5) is 16.2 Å². The molecule has 30 heavy (non-hydrogen) atoms. The highest BCUT2D eigenvalue weighted by Crippen LogP contribution is 2.30. The number of nitrogens with one attached hydrogen (secondary N) is 1. The molecule has 0 aliphatic carbocycles. The minimum absolute atomic E-state index is 0.0115. The summed E-state index contributed by atoms with van der Waals surface area (Å²) < 4.78 is 5.89. The minimum atomic E-state index is 0.0115. The maximum atomic E-state index is 13.3. The van der Waals surface area contributed by atoms with Crippen LogP contribution in [0.5, 0.6) is 0 Å². The Morgan fingerprint density at radius 3 is 2.47 bits per heavy atom. The summed E-state index contributed by atoms with van der Waals surface area (Å²) in [6.07, 6.45) is 4.57. The van der Waals surface area contributed by atoms with Gasteiger partial charge in [-0.3, -0.25) is 0 Å². The molecule has 2 heterocycles. The van der Waals surface area contributed by atoms with Gasteiger partial charge in [0.25, 0.3) is 0 Å². The standard InChI is InChI=1S/C25H33N3O2/c1-19-17-27(18-20(2)30-19)24-14-7-6-13-23(24)26-25(29)28-15-9-8-12-22(28)16-21-10-4-3-5-11-21/h3-7,10-11,13-14,19-20,22H,8-9,12,15-18H2,1-2H3,(H,26,29). The van der Waals surface area contributed by atoms with Gasteiger partial charge in [-0.15, -0.1) is 0 Å². The van der Waals surface area contributed by atoms with Crippen LogP contribution in [0.2, 0.25) is 0 Å². The molecule has 2 aromatic carbocycles. The third-order valence-electron chi connectivity index (χ3n) is 6.11. The highest BCUT2D eigenvalue weighted by molar-refractivity contribution is 5.93. The van der Waals surface area contributed by atoms with E-state index in [0.717, 1.165) is 50.3 Å². The number of hydrogen-bond donors (Lipinski definition) is 1. The van der Waals surface area contributed by atoms with Crippen LogP contribution in [0.1, 0.15) is 38.7 Å². The number of amides is 2. The number of urea groups is 1. The van der Waals surface area contributed by atoms with Crippen LogP contribution in [0.15, 0.2) is 54.6 Å². The van der Waals surface area contributed by atoms with Crippen LogP contribution >= 0.6 is 0 Å². The van der Waals surface area contributed by atoms with Crippen molar-refractivity contribution < 1.29 is 9.53 Å². The van der Waals surface area contributed by atoms with Gasteiger partial charge in [-0.2, -0.15) is 0 Å². The second kappa shape index (κ2) is 9.52. The van der Waals surface area contributed by atoms with Crippen molar-refractivity contribution in [3.63, 3.8) is 0 Å². The molecule has 2 amide bonds. The van der Waals surface area contributed by atoms with Crippen molar-refractivity contribution in [1.82, 2.24) is 4.90 Å². The molecule has 160 valence electrons. The van der Waals surface area contributed by atoms with Gasteiger partial charge in [0.1, 0.15) is 0 Å². The fourth-order valence-electron chi connectivity index (χ4n) is 4.78. The lowest BCUT2D eigenvalue weighted by Gasteiger charge is -2.38. The summed E-state index contributed by atoms with van der Waals surface area (Å²) in [5.41, 5.74) is 3.25. The number of hydrogen-bond acceptors (Lipinski definition) is 3. The molecule has 2 aliphatic rings. The molecule has 1 N–H and O–H groups in total. The van der Waals surface area contributed by atoms with Crippen LogP contribution in [0.3, 0.4) is 0 Å². The molecule has 3 unspecified atom stereocenters. The van der Waals surface area contributed by atoms with E-state index in [2.05, 4.69) is 54.4 Å². The number of benzene rings is 2. The lowest BCUT2D eigenvalue weighted by atomic mass is 9.96. The summed E-state index contributed by atoms with van der Waals surface area (Å²) in [5, 5.41) is 3.23. The van der Waals surface area contributed by atoms with Gasteiger partial charge in [0, 0.05) is 25.7 Å². The summed E-state index contributed by atoms with van der Waals surface area (Å²) in [7, 11) is 0. The number of likely N-dealkylation sites (tertiary alicyclic amines) is 1. The van der Waals surface area contributed by atoms with Crippen molar-refractivity contribution >= 4 is 17.4 Å². The molecular weight excluding hydrogens is 374 g/mol. The van der Waals surface area contributed by atoms with E-state index in [1.165, 1.54) is 12.0 Å². The van der Waals surface area contributed by atoms with E-state index >= 15 is 0 Å². The normalized spacial score (nSPS) is 24.5. The number of morpholine rings is 1. The Morgan fingerprint density at radius 1 is 1.00 bits per heavy atom. The number of carbonyl (C=O) groups excluding carboxylic acids is 1. The lowest BCUT2D eigenvalue weighted by molar-refractivity contribution is -0.00517. The first-order valence-electron chi connectivity index (χ1n) is 11.2. The Labute approximate surface area is 180 Å². The lowest BCUT2D eigenvalue weighted by Crippen LogP contribution is -2.48. The first-order valence-corrected chi connectivity index (χ1v) is 11.2. The summed E-state index contributed by atoms with van der Waals surface area (Å²) in [6.45, 7) is 6.68. The van der Waals surface area contributed by atoms with Crippen LogP contribution in [-0.2, 0) is 11.2 Å². The van der Waals surface area contributed by atoms with Crippen molar-refractivity contribution in [3.05, 3.63) is 60.2 Å². The molecule has 5 heteroatoms. The highest BCUT2D eigenvalue weighted by atomic mass is 16.5. The Morgan fingerprint density at radius 2 is 1.70 bits per heavy atom. The number of ether oxygens (including phenoxy) is 1. The fraction of sp³-hybridized carbons (Fsp3) is 0.480. The van der Waals surface area contributed by atoms with Crippen LogP contribution in [-0.4, -0.2) is 48.8 Å². The van der Waals surface area contributed by atoms with Crippen molar-refractivity contribution in [2.45, 2.75) is 57.8 Å². The predicted octanol–water partition coefficient (Wildman–Crippen LogP) is 4.93. The number of para-hydroxylation sites is 2. The molecule has 0 bridgehead atoms. The largest absolute Gasteiger partial charge is 0.372 e. The zero-order valence-corrected chi connectivity index (χ0v) is 18.1. The van der Waals surface area contributed by atoms with Crippen molar-refractivity contribution in [3.8, 4) is 0 Å². The SMILES string of the molecule is CC1CN(c2ccccc2NC(=O)N2CCCCC2Cc2ccccc2)CC(C)O1. The summed E-state index contributed by atoms with van der Waals surface area (Å²) >= 11 is 0. The molecule has 0 saturated carbocycles. The quantitative estimate of drug-likeness (QED) is 0.782. The maximum Gasteiger partial charge on any atom is 0.322 e. The highest BCUT2D eigenvalue weighted by Gasteiger charge is 2.28. The Balaban J connectivity index is 1.49. The van der Waals surface area contributed by atoms with Gasteiger partial charge in [0.05, 0.1) is 23.6 Å². The number of carbonyl (C=O) groups is 1. The molecule has 5 nitrogen and oxygen atoms in total. The first-order chi connectivity index (χ1) is 14.6. The van der Waals surface area contributed by atoms with Crippen LogP contribution < -0.4 is 10.2 Å². The van der Waals surface area contributed by atoms with Gasteiger partial charge in [-0.1, -0.05) is 42.5 Å². The first kappa shape index (κ1) is 20.7. The number of rotatable bonds is 4. The molecule has 0 aromatic heterocycles. The van der Waals surface area contributed by atoms with Gasteiger partial charge in [-0.05, 0) is 57.2 Å². The summed E-state index contributed by atoms with van der Waals surface area (Å²) in [4.78, 5) is 17.7. The third-order valence-corrected chi connectivity index (χ3v) is 6.11. The average Bonchev–Trinajstić information content (AvgIpc) is 2.74. The van der Waals surface area contributed by atoms with Crippen LogP contribution in [0.25, 0.3) is 0 Å². The molecule has 0 spiro atoms. The number of nitrogens with zero attached hydrogens (tertiary/aromatic N) is 2.